The molecule has 0 aromatic carbocycles. The first-order valence-electron chi connectivity index (χ1n) is 47.2. The number of hydrogen-bond donors (Lipinski definition) is 0. The molecule has 18 nitrogen and oxygen atoms in total. The predicted octanol–water partition coefficient (Wildman–Crippen LogP) is 24.8. The predicted molar refractivity (Wildman–Crippen MR) is 457 cm³/mol. The average molecular weight is 1570 g/mol. The second-order valence-electron chi connectivity index (χ2n) is 32.1. The van der Waals surface area contributed by atoms with Crippen molar-refractivity contribution in [2.45, 2.75) is 510 Å². The summed E-state index contributed by atoms with van der Waals surface area (Å²) < 4.78 is 35.1. The number of ether oxygens (including phenoxy) is 6. The normalized spacial score (nSPS) is 11.3. The molecule has 1 heterocycles. The van der Waals surface area contributed by atoms with Crippen LogP contribution in [0.25, 0.3) is 0 Å². The Balaban J connectivity index is 0.00000226. The quantitative estimate of drug-likeness (QED) is 0.0336. The van der Waals surface area contributed by atoms with Gasteiger partial charge >= 0.3 is 52.9 Å². The number of unbranched alkanes of at least 4 members (excludes halogenated alkanes) is 57. The molecule has 0 atom stereocenters. The number of carbonyl (C=O) groups is 6. The van der Waals surface area contributed by atoms with E-state index >= 15 is 0 Å². The van der Waals surface area contributed by atoms with Gasteiger partial charge in [0.1, 0.15) is 13.2 Å². The van der Waals surface area contributed by atoms with E-state index < -0.39 is 41.1 Å². The average Bonchev–Trinajstić information content (AvgIpc) is 0.785. The molecule has 0 radical (unpaired) electrons. The first kappa shape index (κ1) is 106. The highest BCUT2D eigenvalue weighted by Crippen LogP contribution is 2.19. The van der Waals surface area contributed by atoms with Gasteiger partial charge in [0.2, 0.25) is 0 Å². The fraction of sp³-hybridized carbons (Fsp3) is 0.903. The Labute approximate surface area is 678 Å². The molecule has 0 saturated carbocycles. The third kappa shape index (κ3) is 70.4. The summed E-state index contributed by atoms with van der Waals surface area (Å²) >= 11 is 0. The van der Waals surface area contributed by atoms with E-state index in [2.05, 4.69) is 41.5 Å². The van der Waals surface area contributed by atoms with Crippen molar-refractivity contribution in [1.82, 2.24) is 13.7 Å². The van der Waals surface area contributed by atoms with Gasteiger partial charge in [-0.15, -0.1) is 0 Å². The molecule has 0 aliphatic carbocycles. The summed E-state index contributed by atoms with van der Waals surface area (Å²) in [4.78, 5) is 115. The van der Waals surface area contributed by atoms with Gasteiger partial charge in [0.25, 0.3) is 0 Å². The maximum Gasteiger partial charge on any atom is 0.336 e. The largest absolute Gasteiger partial charge is 0.466 e. The van der Waals surface area contributed by atoms with Crippen LogP contribution in [-0.4, -0.2) is 88.7 Å². The number of nitrogens with zero attached hydrogens (tertiary/aromatic N) is 3. The second kappa shape index (κ2) is 83.2. The summed E-state index contributed by atoms with van der Waals surface area (Å²) in [6.45, 7) is 13.0. The Morgan fingerprint density at radius 1 is 0.207 bits per heavy atom. The Bertz CT molecular complexity index is 2260. The summed E-state index contributed by atoms with van der Waals surface area (Å²) in [6, 6.07) is 0. The molecule has 0 amide bonds. The van der Waals surface area contributed by atoms with Crippen LogP contribution in [0.3, 0.4) is 0 Å². The maximum absolute atomic E-state index is 13.3. The third-order valence-electron chi connectivity index (χ3n) is 21.4. The molecule has 0 aliphatic rings. The zero-order valence-corrected chi connectivity index (χ0v) is 73.0. The van der Waals surface area contributed by atoms with Crippen molar-refractivity contribution >= 4 is 35.8 Å². The van der Waals surface area contributed by atoms with Crippen LogP contribution in [0.2, 0.25) is 0 Å². The number of hydrogen-bond acceptors (Lipinski definition) is 15. The van der Waals surface area contributed by atoms with Gasteiger partial charge in [-0.3, -0.25) is 28.8 Å². The highest BCUT2D eigenvalue weighted by molar-refractivity contribution is 5.71. The number of rotatable bonds is 83. The monoisotopic (exact) mass is 1570 g/mol. The van der Waals surface area contributed by atoms with Crippen molar-refractivity contribution in [3.05, 3.63) is 31.5 Å². The van der Waals surface area contributed by atoms with Gasteiger partial charge in [-0.2, -0.15) is 0 Å². The summed E-state index contributed by atoms with van der Waals surface area (Å²) in [7, 11) is 0. The van der Waals surface area contributed by atoms with Gasteiger partial charge in [0, 0.05) is 38.9 Å². The van der Waals surface area contributed by atoms with E-state index in [1.807, 2.05) is 0 Å². The second-order valence-corrected chi connectivity index (χ2v) is 32.1. The Hall–Kier alpha value is -4.77. The molecule has 0 saturated heterocycles. The lowest BCUT2D eigenvalue weighted by atomic mass is 10.0. The molecule has 111 heavy (non-hydrogen) atoms. The van der Waals surface area contributed by atoms with Crippen LogP contribution >= 0.6 is 0 Å². The first-order chi connectivity index (χ1) is 54.3. The number of esters is 6. The highest BCUT2D eigenvalue weighted by atomic mass is 16.6. The summed E-state index contributed by atoms with van der Waals surface area (Å²) in [5.74, 6) is -2.51. The van der Waals surface area contributed by atoms with Crippen LogP contribution < -0.4 is 17.1 Å². The van der Waals surface area contributed by atoms with E-state index in [9.17, 15) is 43.2 Å². The van der Waals surface area contributed by atoms with Crippen LogP contribution in [-0.2, 0) is 76.8 Å². The molecule has 1 aromatic rings. The Morgan fingerprint density at radius 3 is 0.568 bits per heavy atom. The van der Waals surface area contributed by atoms with Crippen LogP contribution in [0.15, 0.2) is 14.4 Å². The van der Waals surface area contributed by atoms with E-state index in [-0.39, 0.29) is 89.8 Å². The zero-order chi connectivity index (χ0) is 81.2. The molecule has 650 valence electrons. The van der Waals surface area contributed by atoms with Crippen molar-refractivity contribution in [2.24, 2.45) is 0 Å². The lowest BCUT2D eigenvalue weighted by molar-refractivity contribution is -0.167. The topological polar surface area (TPSA) is 224 Å². The maximum atomic E-state index is 13.3. The molecule has 0 bridgehead atoms. The van der Waals surface area contributed by atoms with Crippen molar-refractivity contribution in [1.29, 1.82) is 0 Å². The molecule has 0 fully saturated rings. The van der Waals surface area contributed by atoms with Crippen LogP contribution in [0.1, 0.15) is 485 Å². The molecule has 0 N–H and O–H groups in total. The standard InChI is InChI=1S/C57H110O6.C36H63N3O9/c1-4-7-10-13-16-19-22-25-28-31-34-37-40-43-46-49-55(58)61-52-54(63-57(60)51-48-45-42-39-36-33-30-27-24-21-18-15-12-9-6-3)53-62-56(59)50-47-44-41-38-35-32-29-26-23-20-17-14-11-8-5-2;1-4-7-10-13-16-19-28-46-31(40)22-25-37-34(43)38(26-23-32(41)47-29-20-17-14-11-8-5-2)36(45)39(35(37)44)27-24-33(42)48-30-21-18-15-12-9-6-3/h54H,4-53H2,1-3H3;4-30H2,1-3H3. The fourth-order valence-corrected chi connectivity index (χ4v) is 14.1. The molecule has 0 aliphatic heterocycles. The lowest BCUT2D eigenvalue weighted by Crippen LogP contribution is -2.55. The fourth-order valence-electron chi connectivity index (χ4n) is 14.1. The van der Waals surface area contributed by atoms with Gasteiger partial charge in [0.15, 0.2) is 6.10 Å². The SMILES string of the molecule is CCCCCCCCCCCCCCCCCC(=O)OCC(COC(=O)CCCCCCCCCCCCCCCCC)OC(=O)CCCCCCCCCCCCCCCCC.CCCCCCCCOC(=O)CCn1c(=O)n(CCC(=O)OCCCCCCCC)c(=O)n(CCC(=O)OCCCCCCCC)c1=O. The number of carbonyl (C=O) groups excluding carboxylic acids is 6. The van der Waals surface area contributed by atoms with Crippen LogP contribution in [0.5, 0.6) is 0 Å². The van der Waals surface area contributed by atoms with Gasteiger partial charge in [-0.1, -0.05) is 408 Å². The molecule has 0 spiro atoms. The van der Waals surface area contributed by atoms with Crippen LogP contribution in [0.4, 0.5) is 0 Å². The molecular formula is C93H173N3O15. The van der Waals surface area contributed by atoms with E-state index in [4.69, 9.17) is 28.4 Å². The summed E-state index contributed by atoms with van der Waals surface area (Å²) in [5.41, 5.74) is -2.79. The summed E-state index contributed by atoms with van der Waals surface area (Å²) in [5, 5.41) is 0. The van der Waals surface area contributed by atoms with Gasteiger partial charge < -0.3 is 28.4 Å². The van der Waals surface area contributed by atoms with Gasteiger partial charge in [-0.25, -0.2) is 28.1 Å². The third-order valence-corrected chi connectivity index (χ3v) is 21.4. The minimum Gasteiger partial charge on any atom is -0.466 e. The van der Waals surface area contributed by atoms with Crippen molar-refractivity contribution in [3.8, 4) is 0 Å². The molecule has 1 rings (SSSR count). The smallest absolute Gasteiger partial charge is 0.336 e. The van der Waals surface area contributed by atoms with Crippen molar-refractivity contribution in [3.63, 3.8) is 0 Å². The zero-order valence-electron chi connectivity index (χ0n) is 73.0. The van der Waals surface area contributed by atoms with Gasteiger partial charge in [0.05, 0.1) is 39.1 Å². The Kier molecular flexibility index (Phi) is 79.6. The number of aromatic nitrogens is 3. The lowest BCUT2D eigenvalue weighted by Gasteiger charge is -2.18. The van der Waals surface area contributed by atoms with Crippen molar-refractivity contribution in [2.75, 3.05) is 33.0 Å². The van der Waals surface area contributed by atoms with Gasteiger partial charge in [-0.05, 0) is 38.5 Å². The summed E-state index contributed by atoms with van der Waals surface area (Å²) in [6.07, 6.45) is 75.9. The Morgan fingerprint density at radius 2 is 0.369 bits per heavy atom. The first-order valence-corrected chi connectivity index (χ1v) is 47.2. The van der Waals surface area contributed by atoms with E-state index in [1.54, 1.807) is 0 Å². The van der Waals surface area contributed by atoms with E-state index in [0.29, 0.717) is 19.3 Å². The highest BCUT2D eigenvalue weighted by Gasteiger charge is 2.22. The van der Waals surface area contributed by atoms with E-state index in [1.165, 1.54) is 250 Å². The molecule has 0 unspecified atom stereocenters. The van der Waals surface area contributed by atoms with Crippen molar-refractivity contribution < 1.29 is 57.2 Å². The molecular weight excluding hydrogens is 1400 g/mol. The molecule has 1 aromatic heterocycles. The van der Waals surface area contributed by atoms with E-state index in [0.717, 1.165) is 168 Å². The minimum absolute atomic E-state index is 0.0611. The van der Waals surface area contributed by atoms with Crippen LogP contribution in [0, 0.1) is 0 Å². The minimum atomic E-state index is -0.931. The molecule has 18 heteroatoms.